The van der Waals surface area contributed by atoms with E-state index in [2.05, 4.69) is 5.75 Å². The summed E-state index contributed by atoms with van der Waals surface area (Å²) >= 11 is 0. The van der Waals surface area contributed by atoms with Crippen LogP contribution in [0.4, 0.5) is 0 Å². The van der Waals surface area contributed by atoms with Gasteiger partial charge in [0.25, 0.3) is 0 Å². The Morgan fingerprint density at radius 3 is 1.83 bits per heavy atom. The third kappa shape index (κ3) is 0.544. The maximum absolute atomic E-state index is 9.98. The Bertz CT molecular complexity index is 123. The van der Waals surface area contributed by atoms with Crippen LogP contribution in [-0.4, -0.2) is 14.2 Å². The van der Waals surface area contributed by atoms with Crippen molar-refractivity contribution in [3.8, 4) is 0 Å². The molecule has 2 nitrogen and oxygen atoms in total. The topological polar surface area (TPSA) is 34.1 Å². The van der Waals surface area contributed by atoms with Crippen LogP contribution in [0.2, 0.25) is 0 Å². The van der Waals surface area contributed by atoms with Crippen molar-refractivity contribution in [2.24, 2.45) is 0 Å². The van der Waals surface area contributed by atoms with Crippen molar-refractivity contribution in [3.63, 3.8) is 0 Å². The van der Waals surface area contributed by atoms with Crippen LogP contribution >= 0.6 is 0 Å². The first-order valence-corrected chi connectivity index (χ1v) is 3.33. The lowest BCUT2D eigenvalue weighted by molar-refractivity contribution is 0.590. The molecule has 0 amide bonds. The van der Waals surface area contributed by atoms with Crippen LogP contribution in [0.5, 0.6) is 0 Å². The second-order valence-electron chi connectivity index (χ2n) is 1.21. The molecule has 1 aliphatic rings. The monoisotopic (exact) mass is 104 g/mol. The van der Waals surface area contributed by atoms with Gasteiger partial charge in [-0.3, -0.25) is 0 Å². The molecule has 0 N–H and O–H groups in total. The zero-order valence-corrected chi connectivity index (χ0v) is 3.96. The van der Waals surface area contributed by atoms with Crippen molar-refractivity contribution in [2.75, 3.05) is 5.75 Å². The molecule has 6 heavy (non-hydrogen) atoms. The molecule has 0 aromatic carbocycles. The predicted octanol–water partition coefficient (Wildman–Crippen LogP) is -0.156. The van der Waals surface area contributed by atoms with Gasteiger partial charge in [-0.2, -0.15) is 0 Å². The second kappa shape index (κ2) is 0.964. The van der Waals surface area contributed by atoms with E-state index in [1.165, 1.54) is 0 Å². The number of sulfone groups is 1. The van der Waals surface area contributed by atoms with Crippen LogP contribution in [0.1, 0.15) is 6.42 Å². The third-order valence-corrected chi connectivity index (χ3v) is 2.08. The van der Waals surface area contributed by atoms with E-state index >= 15 is 0 Å². The molecule has 0 aliphatic carbocycles. The molecule has 2 radical (unpaired) electrons. The highest BCUT2D eigenvalue weighted by atomic mass is 32.2. The van der Waals surface area contributed by atoms with Crippen LogP contribution < -0.4 is 0 Å². The Morgan fingerprint density at radius 1 is 1.50 bits per heavy atom. The number of hydrogen-bond acceptors (Lipinski definition) is 2. The minimum Gasteiger partial charge on any atom is -0.228 e. The van der Waals surface area contributed by atoms with Crippen LogP contribution in [0.25, 0.3) is 0 Å². The largest absolute Gasteiger partial charge is 0.228 e. The van der Waals surface area contributed by atoms with Gasteiger partial charge in [0.15, 0.2) is 9.84 Å². The lowest BCUT2D eigenvalue weighted by Crippen LogP contribution is -2.17. The van der Waals surface area contributed by atoms with E-state index in [9.17, 15) is 8.42 Å². The minimum atomic E-state index is -2.73. The average molecular weight is 104 g/mol. The van der Waals surface area contributed by atoms with Crippen LogP contribution in [0, 0.1) is 5.75 Å². The standard InChI is InChI=1S/C3H4O2S/c4-6(5)2-1-3-6/h1-2H2. The van der Waals surface area contributed by atoms with Gasteiger partial charge in [0.1, 0.15) is 5.75 Å². The van der Waals surface area contributed by atoms with Gasteiger partial charge >= 0.3 is 0 Å². The molecule has 1 rings (SSSR count). The highest BCUT2D eigenvalue weighted by Gasteiger charge is 2.21. The summed E-state index contributed by atoms with van der Waals surface area (Å²) in [7, 11) is -2.73. The quantitative estimate of drug-likeness (QED) is 0.428. The molecule has 1 saturated heterocycles. The van der Waals surface area contributed by atoms with Gasteiger partial charge in [-0.25, -0.2) is 8.42 Å². The summed E-state index contributed by atoms with van der Waals surface area (Å²) in [6.07, 6.45) is 0.627. The molecule has 3 heteroatoms. The van der Waals surface area contributed by atoms with E-state index in [1.807, 2.05) is 0 Å². The summed E-state index contributed by atoms with van der Waals surface area (Å²) in [6, 6.07) is 0. The van der Waals surface area contributed by atoms with Crippen molar-refractivity contribution in [1.29, 1.82) is 0 Å². The summed E-state index contributed by atoms with van der Waals surface area (Å²) in [4.78, 5) is 0. The van der Waals surface area contributed by atoms with E-state index in [0.717, 1.165) is 0 Å². The molecule has 1 heterocycles. The van der Waals surface area contributed by atoms with Gasteiger partial charge in [0.05, 0.1) is 5.75 Å². The third-order valence-electron chi connectivity index (χ3n) is 0.693. The Hall–Kier alpha value is -0.0500. The van der Waals surface area contributed by atoms with Gasteiger partial charge < -0.3 is 0 Å². The lowest BCUT2D eigenvalue weighted by Gasteiger charge is -2.07. The summed E-state index contributed by atoms with van der Waals surface area (Å²) in [5.74, 6) is 2.57. The zero-order valence-electron chi connectivity index (χ0n) is 3.14. The highest BCUT2D eigenvalue weighted by molar-refractivity contribution is 7.94. The SMILES string of the molecule is O=S1(=O)[C]CC1. The molecule has 0 atom stereocenters. The molecule has 0 saturated carbocycles. The molecule has 0 bridgehead atoms. The Balaban J connectivity index is 2.78. The fourth-order valence-corrected chi connectivity index (χ4v) is 0.806. The highest BCUT2D eigenvalue weighted by Crippen LogP contribution is 2.12. The molecular formula is C3H4O2S. The Kier molecular flexibility index (Phi) is 0.662. The van der Waals surface area contributed by atoms with Gasteiger partial charge in [-0.05, 0) is 6.42 Å². The van der Waals surface area contributed by atoms with Crippen molar-refractivity contribution >= 4 is 9.84 Å². The molecule has 1 aliphatic heterocycles. The molecular weight excluding hydrogens is 100 g/mol. The molecule has 34 valence electrons. The molecule has 0 unspecified atom stereocenters. The van der Waals surface area contributed by atoms with E-state index in [-0.39, 0.29) is 0 Å². The maximum Gasteiger partial charge on any atom is 0.159 e. The number of rotatable bonds is 0. The molecule has 0 aromatic heterocycles. The van der Waals surface area contributed by atoms with Gasteiger partial charge in [-0.1, -0.05) is 0 Å². The Morgan fingerprint density at radius 2 is 1.83 bits per heavy atom. The summed E-state index contributed by atoms with van der Waals surface area (Å²) < 4.78 is 20.0. The van der Waals surface area contributed by atoms with E-state index in [1.54, 1.807) is 0 Å². The van der Waals surface area contributed by atoms with Gasteiger partial charge in [0.2, 0.25) is 0 Å². The van der Waals surface area contributed by atoms with Gasteiger partial charge in [-0.15, -0.1) is 0 Å². The first-order chi connectivity index (χ1) is 2.71. The van der Waals surface area contributed by atoms with Crippen LogP contribution in [-0.2, 0) is 9.84 Å². The number of hydrogen-bond donors (Lipinski definition) is 0. The zero-order chi connectivity index (χ0) is 4.62. The van der Waals surface area contributed by atoms with E-state index < -0.39 is 9.84 Å². The van der Waals surface area contributed by atoms with Gasteiger partial charge in [0, 0.05) is 0 Å². The second-order valence-corrected chi connectivity index (χ2v) is 3.14. The first-order valence-electron chi connectivity index (χ1n) is 1.68. The molecule has 0 aromatic rings. The smallest absolute Gasteiger partial charge is 0.159 e. The average Bonchev–Trinajstić information content (AvgIpc) is 1.32. The minimum absolute atomic E-state index is 0.312. The van der Waals surface area contributed by atoms with Crippen molar-refractivity contribution < 1.29 is 8.42 Å². The van der Waals surface area contributed by atoms with E-state index in [0.29, 0.717) is 12.2 Å². The Labute approximate surface area is 37.1 Å². The normalized spacial score (nSPS) is 28.7. The summed E-state index contributed by atoms with van der Waals surface area (Å²) in [5.41, 5.74) is 0. The van der Waals surface area contributed by atoms with Crippen molar-refractivity contribution in [2.45, 2.75) is 6.42 Å². The first kappa shape index (κ1) is 4.12. The fourth-order valence-electron chi connectivity index (χ4n) is 0.269. The maximum atomic E-state index is 9.98. The predicted molar refractivity (Wildman–Crippen MR) is 21.6 cm³/mol. The van der Waals surface area contributed by atoms with Crippen LogP contribution in [0.15, 0.2) is 0 Å². The van der Waals surface area contributed by atoms with Crippen molar-refractivity contribution in [3.05, 3.63) is 5.75 Å². The fraction of sp³-hybridized carbons (Fsp3) is 0.667. The van der Waals surface area contributed by atoms with Crippen molar-refractivity contribution in [1.82, 2.24) is 0 Å². The van der Waals surface area contributed by atoms with Crippen LogP contribution in [0.3, 0.4) is 0 Å². The summed E-state index contributed by atoms with van der Waals surface area (Å²) in [6.45, 7) is 0. The summed E-state index contributed by atoms with van der Waals surface area (Å²) in [5, 5.41) is 0. The molecule has 0 spiro atoms. The van der Waals surface area contributed by atoms with E-state index in [4.69, 9.17) is 0 Å². The molecule has 1 fully saturated rings. The lowest BCUT2D eigenvalue weighted by atomic mass is 10.5.